The lowest BCUT2D eigenvalue weighted by Crippen LogP contribution is -2.18. The third-order valence-corrected chi connectivity index (χ3v) is 2.12. The van der Waals surface area contributed by atoms with E-state index in [0.717, 1.165) is 0 Å². The van der Waals surface area contributed by atoms with Gasteiger partial charge in [0, 0.05) is 20.5 Å². The second-order valence-electron chi connectivity index (χ2n) is 3.49. The van der Waals surface area contributed by atoms with E-state index in [4.69, 9.17) is 18.9 Å². The van der Waals surface area contributed by atoms with Crippen LogP contribution in [0.4, 0.5) is 0 Å². The molecular formula is C11H18O5. The molecule has 0 saturated heterocycles. The monoisotopic (exact) mass is 230 g/mol. The molecule has 0 saturated carbocycles. The van der Waals surface area contributed by atoms with E-state index in [0.29, 0.717) is 19.6 Å². The molecule has 2 atom stereocenters. The van der Waals surface area contributed by atoms with Crippen LogP contribution in [0.5, 0.6) is 0 Å². The van der Waals surface area contributed by atoms with Gasteiger partial charge in [-0.1, -0.05) is 6.08 Å². The molecular weight excluding hydrogens is 212 g/mol. The van der Waals surface area contributed by atoms with Crippen molar-refractivity contribution >= 4 is 5.97 Å². The third kappa shape index (κ3) is 5.25. The van der Waals surface area contributed by atoms with Gasteiger partial charge >= 0.3 is 5.97 Å². The normalized spacial score (nSPS) is 23.6. The van der Waals surface area contributed by atoms with E-state index in [-0.39, 0.29) is 25.0 Å². The summed E-state index contributed by atoms with van der Waals surface area (Å²) in [7, 11) is 1.62. The second-order valence-corrected chi connectivity index (χ2v) is 3.49. The Balaban J connectivity index is 2.04. The lowest BCUT2D eigenvalue weighted by Gasteiger charge is -2.13. The van der Waals surface area contributed by atoms with Gasteiger partial charge in [-0.25, -0.2) is 0 Å². The minimum absolute atomic E-state index is 0.0353. The number of carbonyl (C=O) groups excluding carboxylic acids is 1. The molecule has 0 aliphatic heterocycles. The minimum Gasteiger partial charge on any atom is -0.458 e. The Labute approximate surface area is 95.3 Å². The molecule has 0 N–H and O–H groups in total. The topological polar surface area (TPSA) is 54.0 Å². The first kappa shape index (κ1) is 13.2. The van der Waals surface area contributed by atoms with Crippen LogP contribution in [-0.2, 0) is 23.7 Å². The second kappa shape index (κ2) is 7.38. The summed E-state index contributed by atoms with van der Waals surface area (Å²) in [6.07, 6.45) is 4.18. The SMILES string of the molecule is COCCOCO[C@@H]1C=C[C@H](OC(C)=O)C1. The van der Waals surface area contributed by atoms with Crippen molar-refractivity contribution in [3.05, 3.63) is 12.2 Å². The molecule has 0 bridgehead atoms. The van der Waals surface area contributed by atoms with Gasteiger partial charge in [-0.3, -0.25) is 4.79 Å². The van der Waals surface area contributed by atoms with E-state index < -0.39 is 0 Å². The maximum absolute atomic E-state index is 10.7. The van der Waals surface area contributed by atoms with E-state index in [9.17, 15) is 4.79 Å². The molecule has 0 aromatic heterocycles. The average molecular weight is 230 g/mol. The van der Waals surface area contributed by atoms with Gasteiger partial charge in [0.05, 0.1) is 19.3 Å². The summed E-state index contributed by atoms with van der Waals surface area (Å²) in [5.74, 6) is -0.272. The van der Waals surface area contributed by atoms with E-state index in [1.165, 1.54) is 6.92 Å². The number of esters is 1. The molecule has 5 heteroatoms. The smallest absolute Gasteiger partial charge is 0.303 e. The Bertz CT molecular complexity index is 239. The Morgan fingerprint density at radius 2 is 2.06 bits per heavy atom. The van der Waals surface area contributed by atoms with Gasteiger partial charge in [-0.05, 0) is 6.08 Å². The van der Waals surface area contributed by atoms with Crippen molar-refractivity contribution < 1.29 is 23.7 Å². The summed E-state index contributed by atoms with van der Waals surface area (Å²) in [6.45, 7) is 2.70. The van der Waals surface area contributed by atoms with E-state index in [1.807, 2.05) is 12.2 Å². The van der Waals surface area contributed by atoms with Crippen molar-refractivity contribution in [1.82, 2.24) is 0 Å². The average Bonchev–Trinajstić information content (AvgIpc) is 2.64. The van der Waals surface area contributed by atoms with Crippen molar-refractivity contribution in [2.24, 2.45) is 0 Å². The Morgan fingerprint density at radius 1 is 1.31 bits per heavy atom. The van der Waals surface area contributed by atoms with Gasteiger partial charge in [0.1, 0.15) is 12.9 Å². The molecule has 0 heterocycles. The third-order valence-electron chi connectivity index (χ3n) is 2.12. The van der Waals surface area contributed by atoms with Crippen LogP contribution in [0.25, 0.3) is 0 Å². The molecule has 0 radical (unpaired) electrons. The van der Waals surface area contributed by atoms with E-state index in [1.54, 1.807) is 7.11 Å². The fourth-order valence-corrected chi connectivity index (χ4v) is 1.39. The van der Waals surface area contributed by atoms with Gasteiger partial charge in [-0.2, -0.15) is 0 Å². The van der Waals surface area contributed by atoms with Crippen molar-refractivity contribution in [2.75, 3.05) is 27.1 Å². The van der Waals surface area contributed by atoms with Crippen molar-refractivity contribution in [3.8, 4) is 0 Å². The van der Waals surface area contributed by atoms with Crippen molar-refractivity contribution in [1.29, 1.82) is 0 Å². The molecule has 1 rings (SSSR count). The van der Waals surface area contributed by atoms with Crippen LogP contribution in [0, 0.1) is 0 Å². The maximum atomic E-state index is 10.7. The molecule has 0 aromatic carbocycles. The summed E-state index contributed by atoms with van der Waals surface area (Å²) in [5.41, 5.74) is 0. The highest BCUT2D eigenvalue weighted by Crippen LogP contribution is 2.17. The zero-order valence-electron chi connectivity index (χ0n) is 9.68. The van der Waals surface area contributed by atoms with Gasteiger partial charge in [0.15, 0.2) is 0 Å². The zero-order valence-corrected chi connectivity index (χ0v) is 9.68. The standard InChI is InChI=1S/C11H18O5/c1-9(12)16-11-4-3-10(7-11)15-8-14-6-5-13-2/h3-4,10-11H,5-8H2,1-2H3/t10-,11+/m1/s1. The van der Waals surface area contributed by atoms with Crippen LogP contribution in [0.1, 0.15) is 13.3 Å². The quantitative estimate of drug-likeness (QED) is 0.281. The van der Waals surface area contributed by atoms with Gasteiger partial charge in [0.25, 0.3) is 0 Å². The Kier molecular flexibility index (Phi) is 6.07. The van der Waals surface area contributed by atoms with Crippen LogP contribution in [0.15, 0.2) is 12.2 Å². The summed E-state index contributed by atoms with van der Waals surface area (Å²) >= 11 is 0. The number of ether oxygens (including phenoxy) is 4. The minimum atomic E-state index is -0.272. The predicted molar refractivity (Wildman–Crippen MR) is 56.9 cm³/mol. The van der Waals surface area contributed by atoms with Crippen LogP contribution in [0.3, 0.4) is 0 Å². The van der Waals surface area contributed by atoms with Crippen LogP contribution >= 0.6 is 0 Å². The maximum Gasteiger partial charge on any atom is 0.303 e. The number of carbonyl (C=O) groups is 1. The largest absolute Gasteiger partial charge is 0.458 e. The fourth-order valence-electron chi connectivity index (χ4n) is 1.39. The van der Waals surface area contributed by atoms with Crippen LogP contribution in [0.2, 0.25) is 0 Å². The predicted octanol–water partition coefficient (Wildman–Crippen LogP) is 0.884. The molecule has 1 aliphatic rings. The highest BCUT2D eigenvalue weighted by molar-refractivity contribution is 5.66. The first-order valence-electron chi connectivity index (χ1n) is 5.26. The van der Waals surface area contributed by atoms with Gasteiger partial charge in [-0.15, -0.1) is 0 Å². The number of methoxy groups -OCH3 is 1. The molecule has 0 fully saturated rings. The lowest BCUT2D eigenvalue weighted by atomic mass is 10.3. The summed E-state index contributed by atoms with van der Waals surface area (Å²) in [6, 6.07) is 0. The molecule has 0 aromatic rings. The van der Waals surface area contributed by atoms with Crippen LogP contribution in [-0.4, -0.2) is 45.3 Å². The summed E-state index contributed by atoms with van der Waals surface area (Å²) in [5, 5.41) is 0. The van der Waals surface area contributed by atoms with Gasteiger partial charge in [0.2, 0.25) is 0 Å². The first-order valence-corrected chi connectivity index (χ1v) is 5.26. The number of rotatable bonds is 7. The van der Waals surface area contributed by atoms with E-state index in [2.05, 4.69) is 0 Å². The molecule has 5 nitrogen and oxygen atoms in total. The van der Waals surface area contributed by atoms with Gasteiger partial charge < -0.3 is 18.9 Å². The molecule has 0 amide bonds. The van der Waals surface area contributed by atoms with Crippen LogP contribution < -0.4 is 0 Å². The fraction of sp³-hybridized carbons (Fsp3) is 0.727. The molecule has 16 heavy (non-hydrogen) atoms. The zero-order chi connectivity index (χ0) is 11.8. The summed E-state index contributed by atoms with van der Waals surface area (Å²) in [4.78, 5) is 10.7. The summed E-state index contributed by atoms with van der Waals surface area (Å²) < 4.78 is 20.4. The first-order chi connectivity index (χ1) is 7.72. The molecule has 0 unspecified atom stereocenters. The Hall–Kier alpha value is -0.910. The Morgan fingerprint density at radius 3 is 2.75 bits per heavy atom. The van der Waals surface area contributed by atoms with E-state index >= 15 is 0 Å². The molecule has 1 aliphatic carbocycles. The van der Waals surface area contributed by atoms with Crippen molar-refractivity contribution in [3.63, 3.8) is 0 Å². The highest BCUT2D eigenvalue weighted by Gasteiger charge is 2.21. The number of hydrogen-bond donors (Lipinski definition) is 0. The molecule has 0 spiro atoms. The highest BCUT2D eigenvalue weighted by atomic mass is 16.7. The lowest BCUT2D eigenvalue weighted by molar-refractivity contribution is -0.145. The van der Waals surface area contributed by atoms with Crippen molar-refractivity contribution in [2.45, 2.75) is 25.6 Å². The number of hydrogen-bond acceptors (Lipinski definition) is 5. The molecule has 92 valence electrons.